The van der Waals surface area contributed by atoms with Crippen LogP contribution in [0.1, 0.15) is 48.6 Å². The van der Waals surface area contributed by atoms with Gasteiger partial charge in [-0.3, -0.25) is 14.9 Å². The molecule has 0 atom stereocenters. The average molecular weight is 494 g/mol. The molecule has 3 N–H and O–H groups in total. The molecule has 1 aliphatic carbocycles. The molecule has 1 aliphatic rings. The third-order valence-electron chi connectivity index (χ3n) is 5.78. The molecule has 0 saturated heterocycles. The zero-order valence-corrected chi connectivity index (χ0v) is 20.4. The number of aliphatic carboxylic acids is 1. The number of aromatic nitrogens is 1. The van der Waals surface area contributed by atoms with Gasteiger partial charge in [-0.15, -0.1) is 11.3 Å². The topological polar surface area (TPSA) is 118 Å². The fraction of sp³-hybridized carbons (Fsp3) is 0.308. The first kappa shape index (κ1) is 24.4. The molecular weight excluding hydrogens is 466 g/mol. The van der Waals surface area contributed by atoms with Crippen molar-refractivity contribution in [1.82, 2.24) is 10.3 Å². The smallest absolute Gasteiger partial charge is 0.413 e. The van der Waals surface area contributed by atoms with Crippen LogP contribution in [0.15, 0.2) is 54.7 Å². The van der Waals surface area contributed by atoms with Crippen molar-refractivity contribution in [2.45, 2.75) is 44.6 Å². The van der Waals surface area contributed by atoms with E-state index in [1.54, 1.807) is 20.0 Å². The van der Waals surface area contributed by atoms with Gasteiger partial charge in [0.25, 0.3) is 0 Å². The van der Waals surface area contributed by atoms with E-state index in [0.717, 1.165) is 27.1 Å². The average Bonchev–Trinajstić information content (AvgIpc) is 3.37. The number of rotatable bonds is 9. The van der Waals surface area contributed by atoms with Gasteiger partial charge in [-0.25, -0.2) is 9.78 Å². The van der Waals surface area contributed by atoms with Gasteiger partial charge in [0.2, 0.25) is 5.91 Å². The van der Waals surface area contributed by atoms with Crippen molar-refractivity contribution >= 4 is 34.4 Å². The number of aryl methyl sites for hydroxylation is 1. The van der Waals surface area contributed by atoms with E-state index >= 15 is 0 Å². The minimum absolute atomic E-state index is 0.0242. The first-order valence-corrected chi connectivity index (χ1v) is 12.1. The Morgan fingerprint density at radius 3 is 2.31 bits per heavy atom. The standard InChI is InChI=1S/C26H27N3O5S/c1-26(2,13-23(31)32)29-22(30)12-11-16-14-27-24(35-16)28-25(33)34-15-21-19-9-5-3-7-17(19)18-8-4-6-10-20(18)21/h3-10,14,21H,11-13,15H2,1-2H3,(H,29,30)(H,31,32)(H,27,28,33). The third-order valence-corrected chi connectivity index (χ3v) is 6.75. The SMILES string of the molecule is CC(C)(CC(=O)O)NC(=O)CCc1cnc(NC(=O)OCC2c3ccccc3-c3ccccc32)s1. The van der Waals surface area contributed by atoms with E-state index in [1.165, 1.54) is 11.3 Å². The van der Waals surface area contributed by atoms with Crippen molar-refractivity contribution < 1.29 is 24.2 Å². The number of hydrogen-bond acceptors (Lipinski definition) is 6. The van der Waals surface area contributed by atoms with E-state index < -0.39 is 17.6 Å². The summed E-state index contributed by atoms with van der Waals surface area (Å²) in [7, 11) is 0. The zero-order valence-electron chi connectivity index (χ0n) is 19.5. The zero-order chi connectivity index (χ0) is 25.0. The quantitative estimate of drug-likeness (QED) is 0.394. The number of benzene rings is 2. The first-order chi connectivity index (χ1) is 16.7. The fourth-order valence-corrected chi connectivity index (χ4v) is 5.10. The maximum absolute atomic E-state index is 12.4. The van der Waals surface area contributed by atoms with Crippen LogP contribution >= 0.6 is 11.3 Å². The van der Waals surface area contributed by atoms with E-state index in [2.05, 4.69) is 39.9 Å². The molecule has 0 fully saturated rings. The predicted octanol–water partition coefficient (Wildman–Crippen LogP) is 4.81. The summed E-state index contributed by atoms with van der Waals surface area (Å²) in [5.41, 5.74) is 3.78. The number of carbonyl (C=O) groups is 3. The molecule has 0 spiro atoms. The number of ether oxygens (including phenoxy) is 1. The second kappa shape index (κ2) is 10.3. The number of carboxylic acids is 1. The molecule has 3 aromatic rings. The Hall–Kier alpha value is -3.72. The van der Waals surface area contributed by atoms with Crippen LogP contribution in [0.25, 0.3) is 11.1 Å². The lowest BCUT2D eigenvalue weighted by atomic mass is 9.98. The fourth-order valence-electron chi connectivity index (χ4n) is 4.30. The van der Waals surface area contributed by atoms with Gasteiger partial charge in [0.15, 0.2) is 5.13 Å². The van der Waals surface area contributed by atoms with Crippen LogP contribution in [0.3, 0.4) is 0 Å². The van der Waals surface area contributed by atoms with Gasteiger partial charge in [0.1, 0.15) is 6.61 Å². The number of hydrogen-bond donors (Lipinski definition) is 3. The van der Waals surface area contributed by atoms with E-state index in [4.69, 9.17) is 9.84 Å². The van der Waals surface area contributed by atoms with Crippen LogP contribution in [0, 0.1) is 0 Å². The number of nitrogens with zero attached hydrogens (tertiary/aromatic N) is 1. The maximum Gasteiger partial charge on any atom is 0.413 e. The molecule has 35 heavy (non-hydrogen) atoms. The van der Waals surface area contributed by atoms with E-state index in [9.17, 15) is 14.4 Å². The van der Waals surface area contributed by atoms with Crippen LogP contribution in [-0.4, -0.2) is 40.2 Å². The number of carboxylic acid groups (broad SMARTS) is 1. The van der Waals surface area contributed by atoms with Gasteiger partial charge >= 0.3 is 12.1 Å². The predicted molar refractivity (Wildman–Crippen MR) is 134 cm³/mol. The largest absolute Gasteiger partial charge is 0.481 e. The number of anilines is 1. The van der Waals surface area contributed by atoms with E-state index in [-0.39, 0.29) is 31.3 Å². The number of carbonyl (C=O) groups excluding carboxylic acids is 2. The molecular formula is C26H27N3O5S. The Bertz CT molecular complexity index is 1210. The summed E-state index contributed by atoms with van der Waals surface area (Å²) in [6.45, 7) is 3.55. The molecule has 0 bridgehead atoms. The first-order valence-electron chi connectivity index (χ1n) is 11.3. The Morgan fingerprint density at radius 1 is 1.06 bits per heavy atom. The Balaban J connectivity index is 1.28. The Labute approximate surface area is 207 Å². The van der Waals surface area contributed by atoms with Gasteiger partial charge in [0.05, 0.1) is 6.42 Å². The number of fused-ring (bicyclic) bond motifs is 3. The highest BCUT2D eigenvalue weighted by molar-refractivity contribution is 7.15. The molecule has 2 amide bonds. The molecule has 8 nitrogen and oxygen atoms in total. The van der Waals surface area contributed by atoms with Gasteiger partial charge in [-0.05, 0) is 42.5 Å². The minimum Gasteiger partial charge on any atom is -0.481 e. The highest BCUT2D eigenvalue weighted by atomic mass is 32.1. The molecule has 0 radical (unpaired) electrons. The molecule has 2 aromatic carbocycles. The summed E-state index contributed by atoms with van der Waals surface area (Å²) < 4.78 is 5.54. The second-order valence-electron chi connectivity index (χ2n) is 9.08. The second-order valence-corrected chi connectivity index (χ2v) is 10.2. The van der Waals surface area contributed by atoms with Gasteiger partial charge in [-0.1, -0.05) is 48.5 Å². The van der Waals surface area contributed by atoms with E-state index in [1.807, 2.05) is 24.3 Å². The molecule has 182 valence electrons. The normalized spacial score (nSPS) is 12.5. The number of amides is 2. The summed E-state index contributed by atoms with van der Waals surface area (Å²) in [4.78, 5) is 40.5. The molecule has 1 aromatic heterocycles. The number of thiazole rings is 1. The molecule has 0 unspecified atom stereocenters. The molecule has 1 heterocycles. The van der Waals surface area contributed by atoms with Gasteiger partial charge < -0.3 is 15.2 Å². The Kier molecular flexibility index (Phi) is 7.16. The van der Waals surface area contributed by atoms with Gasteiger partial charge in [-0.2, -0.15) is 0 Å². The maximum atomic E-state index is 12.4. The van der Waals surface area contributed by atoms with Gasteiger partial charge in [0, 0.05) is 29.0 Å². The molecule has 0 saturated carbocycles. The van der Waals surface area contributed by atoms with Crippen molar-refractivity contribution in [1.29, 1.82) is 0 Å². The highest BCUT2D eigenvalue weighted by Crippen LogP contribution is 2.44. The summed E-state index contributed by atoms with van der Waals surface area (Å²) in [6.07, 6.45) is 1.49. The van der Waals surface area contributed by atoms with E-state index in [0.29, 0.717) is 11.6 Å². The van der Waals surface area contributed by atoms with Crippen molar-refractivity contribution in [3.63, 3.8) is 0 Å². The minimum atomic E-state index is -0.971. The summed E-state index contributed by atoms with van der Waals surface area (Å²) in [6, 6.07) is 16.3. The summed E-state index contributed by atoms with van der Waals surface area (Å²) >= 11 is 1.27. The lowest BCUT2D eigenvalue weighted by Gasteiger charge is -2.24. The van der Waals surface area contributed by atoms with Crippen molar-refractivity contribution in [3.05, 3.63) is 70.7 Å². The highest BCUT2D eigenvalue weighted by Gasteiger charge is 2.29. The van der Waals surface area contributed by atoms with Crippen LogP contribution in [0.2, 0.25) is 0 Å². The van der Waals surface area contributed by atoms with Crippen LogP contribution in [0.5, 0.6) is 0 Å². The summed E-state index contributed by atoms with van der Waals surface area (Å²) in [5.74, 6) is -1.23. The molecule has 4 rings (SSSR count). The monoisotopic (exact) mass is 493 g/mol. The van der Waals surface area contributed by atoms with Crippen LogP contribution in [0.4, 0.5) is 9.93 Å². The molecule has 9 heteroatoms. The lowest BCUT2D eigenvalue weighted by molar-refractivity contribution is -0.138. The molecule has 0 aliphatic heterocycles. The number of nitrogens with one attached hydrogen (secondary N) is 2. The van der Waals surface area contributed by atoms with Crippen molar-refractivity contribution in [3.8, 4) is 11.1 Å². The van der Waals surface area contributed by atoms with Crippen molar-refractivity contribution in [2.24, 2.45) is 0 Å². The lowest BCUT2D eigenvalue weighted by Crippen LogP contribution is -2.45. The summed E-state index contributed by atoms with van der Waals surface area (Å²) in [5, 5.41) is 14.7. The van der Waals surface area contributed by atoms with Crippen LogP contribution < -0.4 is 10.6 Å². The van der Waals surface area contributed by atoms with Crippen LogP contribution in [-0.2, 0) is 20.7 Å². The van der Waals surface area contributed by atoms with Crippen molar-refractivity contribution in [2.75, 3.05) is 11.9 Å². The Morgan fingerprint density at radius 2 is 1.69 bits per heavy atom. The third kappa shape index (κ3) is 6.05.